The quantitative estimate of drug-likeness (QED) is 0.755. The van der Waals surface area contributed by atoms with Gasteiger partial charge >= 0.3 is 0 Å². The van der Waals surface area contributed by atoms with Crippen molar-refractivity contribution in [3.05, 3.63) is 71.3 Å². The van der Waals surface area contributed by atoms with Crippen LogP contribution < -0.4 is 10.6 Å². The predicted octanol–water partition coefficient (Wildman–Crippen LogP) is 2.38. The molecule has 0 fully saturated rings. The third-order valence-corrected chi connectivity index (χ3v) is 4.76. The number of rotatable bonds is 7. The summed E-state index contributed by atoms with van der Waals surface area (Å²) in [7, 11) is 0. The summed E-state index contributed by atoms with van der Waals surface area (Å²) in [5, 5.41) is 5.46. The lowest BCUT2D eigenvalue weighted by Gasteiger charge is -2.26. The van der Waals surface area contributed by atoms with Crippen molar-refractivity contribution in [2.75, 3.05) is 13.1 Å². The van der Waals surface area contributed by atoms with Crippen LogP contribution in [0.2, 0.25) is 0 Å². The van der Waals surface area contributed by atoms with Gasteiger partial charge in [-0.25, -0.2) is 0 Å². The van der Waals surface area contributed by atoms with Crippen molar-refractivity contribution in [1.82, 2.24) is 5.32 Å². The van der Waals surface area contributed by atoms with Crippen LogP contribution in [-0.4, -0.2) is 19.0 Å². The summed E-state index contributed by atoms with van der Waals surface area (Å²) >= 11 is 0. The molecule has 1 aliphatic carbocycles. The largest absolute Gasteiger partial charge is 0.349 e. The fourth-order valence-electron chi connectivity index (χ4n) is 3.46. The van der Waals surface area contributed by atoms with Crippen LogP contribution >= 0.6 is 0 Å². The van der Waals surface area contributed by atoms with E-state index < -0.39 is 0 Å². The van der Waals surface area contributed by atoms with Crippen LogP contribution in [0.15, 0.2) is 54.6 Å². The van der Waals surface area contributed by atoms with Gasteiger partial charge in [0.05, 0.1) is 25.6 Å². The average Bonchev–Trinajstić information content (AvgIpc) is 2.63. The van der Waals surface area contributed by atoms with Gasteiger partial charge in [0.15, 0.2) is 0 Å². The van der Waals surface area contributed by atoms with Gasteiger partial charge in [-0.15, -0.1) is 0 Å². The number of benzene rings is 2. The van der Waals surface area contributed by atoms with E-state index in [-0.39, 0.29) is 11.9 Å². The first kappa shape index (κ1) is 16.7. The van der Waals surface area contributed by atoms with Crippen LogP contribution in [0.4, 0.5) is 0 Å². The van der Waals surface area contributed by atoms with Gasteiger partial charge in [-0.2, -0.15) is 0 Å². The second-order valence-corrected chi connectivity index (χ2v) is 6.56. The van der Waals surface area contributed by atoms with E-state index in [0.717, 1.165) is 38.8 Å². The van der Waals surface area contributed by atoms with E-state index in [0.29, 0.717) is 6.42 Å². The first-order valence-corrected chi connectivity index (χ1v) is 9.05. The summed E-state index contributed by atoms with van der Waals surface area (Å²) < 4.78 is 0. The molecule has 24 heavy (non-hydrogen) atoms. The monoisotopic (exact) mass is 323 g/mol. The fraction of sp³-hybridized carbons (Fsp3) is 0.381. The molecule has 0 aliphatic heterocycles. The Morgan fingerprint density at radius 2 is 1.83 bits per heavy atom. The third kappa shape index (κ3) is 4.68. The van der Waals surface area contributed by atoms with Gasteiger partial charge < -0.3 is 10.6 Å². The van der Waals surface area contributed by atoms with Crippen LogP contribution in [0, 0.1) is 0 Å². The number of quaternary nitrogens is 1. The molecule has 1 amide bonds. The smallest absolute Gasteiger partial charge is 0.226 e. The minimum Gasteiger partial charge on any atom is -0.349 e. The molecular weight excluding hydrogens is 296 g/mol. The summed E-state index contributed by atoms with van der Waals surface area (Å²) in [6.45, 7) is 1.89. The molecule has 0 saturated carbocycles. The van der Waals surface area contributed by atoms with Crippen molar-refractivity contribution in [1.29, 1.82) is 0 Å². The molecule has 0 bridgehead atoms. The Hall–Kier alpha value is -2.13. The van der Waals surface area contributed by atoms with Crippen LogP contribution in [-0.2, 0) is 17.6 Å². The second kappa shape index (κ2) is 8.65. The summed E-state index contributed by atoms with van der Waals surface area (Å²) in [6.07, 6.45) is 4.99. The lowest BCUT2D eigenvalue weighted by molar-refractivity contribution is -0.653. The number of aryl methyl sites for hydroxylation is 1. The maximum Gasteiger partial charge on any atom is 0.226 e. The number of hydrogen-bond donors (Lipinski definition) is 2. The van der Waals surface area contributed by atoms with Crippen LogP contribution in [0.25, 0.3) is 0 Å². The molecule has 3 N–H and O–H groups in total. The van der Waals surface area contributed by atoms with Crippen LogP contribution in [0.5, 0.6) is 0 Å². The summed E-state index contributed by atoms with van der Waals surface area (Å²) in [5.74, 6) is 0.174. The molecule has 3 rings (SSSR count). The van der Waals surface area contributed by atoms with Crippen LogP contribution in [0.1, 0.15) is 42.0 Å². The average molecular weight is 323 g/mol. The highest BCUT2D eigenvalue weighted by Gasteiger charge is 2.21. The van der Waals surface area contributed by atoms with E-state index in [9.17, 15) is 4.79 Å². The lowest BCUT2D eigenvalue weighted by atomic mass is 9.88. The summed E-state index contributed by atoms with van der Waals surface area (Å²) in [6, 6.07) is 19.2. The van der Waals surface area contributed by atoms with E-state index >= 15 is 0 Å². The standard InChI is InChI=1S/C21H26N2O/c24-21(14-16-22-15-13-17-7-2-1-3-8-17)23-20-12-6-10-18-9-4-5-11-19(18)20/h1-5,7-9,11,20,22H,6,10,12-16H2,(H,23,24)/p+1/t20-/m0/s1. The number of carbonyl (C=O) groups excluding carboxylic acids is 1. The van der Waals surface area contributed by atoms with Crippen molar-refractivity contribution >= 4 is 5.91 Å². The molecule has 0 aromatic heterocycles. The molecule has 3 nitrogen and oxygen atoms in total. The molecule has 126 valence electrons. The minimum atomic E-state index is 0.174. The Balaban J connectivity index is 1.37. The maximum absolute atomic E-state index is 12.2. The highest BCUT2D eigenvalue weighted by atomic mass is 16.1. The van der Waals surface area contributed by atoms with Crippen molar-refractivity contribution in [2.24, 2.45) is 0 Å². The van der Waals surface area contributed by atoms with Gasteiger partial charge in [0.1, 0.15) is 0 Å². The Bertz CT molecular complexity index is 654. The first-order valence-electron chi connectivity index (χ1n) is 9.05. The molecule has 0 radical (unpaired) electrons. The number of fused-ring (bicyclic) bond motifs is 1. The van der Waals surface area contributed by atoms with Gasteiger partial charge in [0, 0.05) is 6.42 Å². The second-order valence-electron chi connectivity index (χ2n) is 6.56. The predicted molar refractivity (Wildman–Crippen MR) is 96.7 cm³/mol. The molecule has 1 aliphatic rings. The van der Waals surface area contributed by atoms with Crippen LogP contribution in [0.3, 0.4) is 0 Å². The molecule has 2 aromatic rings. The highest BCUT2D eigenvalue weighted by Crippen LogP contribution is 2.29. The Morgan fingerprint density at radius 1 is 1.04 bits per heavy atom. The van der Waals surface area contributed by atoms with E-state index in [2.05, 4.69) is 59.2 Å². The van der Waals surface area contributed by atoms with Gasteiger partial charge in [0.2, 0.25) is 5.91 Å². The minimum absolute atomic E-state index is 0.174. The highest BCUT2D eigenvalue weighted by molar-refractivity contribution is 5.76. The zero-order valence-electron chi connectivity index (χ0n) is 14.2. The number of nitrogens with one attached hydrogen (secondary N) is 1. The van der Waals surface area contributed by atoms with Gasteiger partial charge in [-0.1, -0.05) is 54.6 Å². The molecule has 0 unspecified atom stereocenters. The zero-order chi connectivity index (χ0) is 16.6. The normalized spacial score (nSPS) is 16.4. The molecule has 0 spiro atoms. The number of amides is 1. The van der Waals surface area contributed by atoms with Crippen molar-refractivity contribution in [2.45, 2.75) is 38.1 Å². The van der Waals surface area contributed by atoms with Crippen molar-refractivity contribution < 1.29 is 10.1 Å². The Labute approximate surface area is 144 Å². The number of hydrogen-bond acceptors (Lipinski definition) is 1. The van der Waals surface area contributed by atoms with Gasteiger partial charge in [-0.05, 0) is 36.0 Å². The topological polar surface area (TPSA) is 45.7 Å². The van der Waals surface area contributed by atoms with Gasteiger partial charge in [-0.3, -0.25) is 4.79 Å². The SMILES string of the molecule is O=C(CC[NH2+]CCc1ccccc1)N[C@H]1CCCc2ccccc21. The summed E-state index contributed by atoms with van der Waals surface area (Å²) in [4.78, 5) is 12.2. The molecule has 1 atom stereocenters. The number of carbonyl (C=O) groups is 1. The zero-order valence-corrected chi connectivity index (χ0v) is 14.2. The maximum atomic E-state index is 12.2. The molecule has 0 heterocycles. The number of nitrogens with two attached hydrogens (primary N) is 1. The van der Waals surface area contributed by atoms with E-state index in [1.165, 1.54) is 16.7 Å². The summed E-state index contributed by atoms with van der Waals surface area (Å²) in [5.41, 5.74) is 4.06. The molecule has 3 heteroatoms. The Kier molecular flexibility index (Phi) is 6.02. The van der Waals surface area contributed by atoms with E-state index in [4.69, 9.17) is 0 Å². The Morgan fingerprint density at radius 3 is 2.71 bits per heavy atom. The van der Waals surface area contributed by atoms with E-state index in [1.807, 2.05) is 6.07 Å². The van der Waals surface area contributed by atoms with Crippen molar-refractivity contribution in [3.8, 4) is 0 Å². The molecule has 2 aromatic carbocycles. The molecular formula is C21H27N2O+. The van der Waals surface area contributed by atoms with Crippen molar-refractivity contribution in [3.63, 3.8) is 0 Å². The third-order valence-electron chi connectivity index (χ3n) is 4.76. The van der Waals surface area contributed by atoms with E-state index in [1.54, 1.807) is 0 Å². The first-order chi connectivity index (χ1) is 11.8. The lowest BCUT2D eigenvalue weighted by Crippen LogP contribution is -2.85. The molecule has 0 saturated heterocycles. The fourth-order valence-corrected chi connectivity index (χ4v) is 3.46. The van der Waals surface area contributed by atoms with Gasteiger partial charge in [0.25, 0.3) is 0 Å².